The van der Waals surface area contributed by atoms with Crippen molar-refractivity contribution in [2.75, 3.05) is 6.61 Å². The minimum absolute atomic E-state index is 0.174. The number of ether oxygens (including phenoxy) is 2. The zero-order chi connectivity index (χ0) is 25.3. The van der Waals surface area contributed by atoms with E-state index in [1.165, 1.54) is 22.8 Å². The molecule has 10 heteroatoms. The van der Waals surface area contributed by atoms with Crippen molar-refractivity contribution < 1.29 is 19.1 Å². The average Bonchev–Trinajstić information content (AvgIpc) is 3.09. The standard InChI is InChI=1S/C25H20Cl2N2O5S/c1-4-33-24(32)21-13(2)28-25-29(22(21)15-6-9-18(10-7-15)34-14(3)30)23(31)20(35-25)11-16-5-8-17(26)12-19(16)27/h5-12,22H,4H2,1-3H3/b20-11+/t22-/m1/s1. The predicted octanol–water partition coefficient (Wildman–Crippen LogP) is 4.03. The average molecular weight is 531 g/mol. The van der Waals surface area contributed by atoms with Crippen LogP contribution in [0, 0.1) is 0 Å². The zero-order valence-corrected chi connectivity index (χ0v) is 21.3. The maximum absolute atomic E-state index is 13.6. The predicted molar refractivity (Wildman–Crippen MR) is 135 cm³/mol. The van der Waals surface area contributed by atoms with Crippen LogP contribution in [0.4, 0.5) is 0 Å². The Kier molecular flexibility index (Phi) is 7.25. The summed E-state index contributed by atoms with van der Waals surface area (Å²) < 4.78 is 12.3. The van der Waals surface area contributed by atoms with E-state index in [4.69, 9.17) is 32.7 Å². The van der Waals surface area contributed by atoms with Gasteiger partial charge in [0.05, 0.1) is 28.5 Å². The Morgan fingerprint density at radius 1 is 1.17 bits per heavy atom. The lowest BCUT2D eigenvalue weighted by Crippen LogP contribution is -2.39. The van der Waals surface area contributed by atoms with E-state index < -0.39 is 18.0 Å². The van der Waals surface area contributed by atoms with Gasteiger partial charge in [-0.1, -0.05) is 52.7 Å². The summed E-state index contributed by atoms with van der Waals surface area (Å²) in [5.41, 5.74) is 1.65. The largest absolute Gasteiger partial charge is 0.463 e. The molecule has 0 spiro atoms. The molecule has 1 aliphatic rings. The Morgan fingerprint density at radius 3 is 2.51 bits per heavy atom. The molecule has 1 atom stereocenters. The van der Waals surface area contributed by atoms with Gasteiger partial charge in [0.1, 0.15) is 5.75 Å². The van der Waals surface area contributed by atoms with Crippen LogP contribution in [0.1, 0.15) is 37.9 Å². The van der Waals surface area contributed by atoms with E-state index in [0.29, 0.717) is 42.0 Å². The summed E-state index contributed by atoms with van der Waals surface area (Å²) in [4.78, 5) is 42.8. The quantitative estimate of drug-likeness (QED) is 0.367. The summed E-state index contributed by atoms with van der Waals surface area (Å²) in [6, 6.07) is 10.9. The van der Waals surface area contributed by atoms with Crippen molar-refractivity contribution in [1.29, 1.82) is 0 Å². The molecule has 0 radical (unpaired) electrons. The molecule has 0 amide bonds. The summed E-state index contributed by atoms with van der Waals surface area (Å²) >= 11 is 13.5. The molecule has 0 saturated heterocycles. The Hall–Kier alpha value is -3.20. The van der Waals surface area contributed by atoms with Crippen LogP contribution in [0.3, 0.4) is 0 Å². The molecule has 2 heterocycles. The highest BCUT2D eigenvalue weighted by atomic mass is 35.5. The molecule has 35 heavy (non-hydrogen) atoms. The fourth-order valence-electron chi connectivity index (χ4n) is 3.75. The molecule has 0 N–H and O–H groups in total. The van der Waals surface area contributed by atoms with Gasteiger partial charge in [-0.3, -0.25) is 14.2 Å². The van der Waals surface area contributed by atoms with Crippen LogP contribution in [0.5, 0.6) is 5.75 Å². The molecule has 3 aromatic rings. The number of carbonyl (C=O) groups excluding carboxylic acids is 2. The van der Waals surface area contributed by atoms with Gasteiger partial charge in [-0.25, -0.2) is 9.79 Å². The first kappa shape index (κ1) is 24.9. The number of esters is 2. The van der Waals surface area contributed by atoms with Gasteiger partial charge in [-0.05, 0) is 55.3 Å². The normalized spacial score (nSPS) is 15.5. The fraction of sp³-hybridized carbons (Fsp3) is 0.200. The number of fused-ring (bicyclic) bond motifs is 1. The van der Waals surface area contributed by atoms with E-state index in [-0.39, 0.29) is 17.7 Å². The van der Waals surface area contributed by atoms with Gasteiger partial charge in [0.25, 0.3) is 5.56 Å². The van der Waals surface area contributed by atoms with Gasteiger partial charge in [-0.2, -0.15) is 0 Å². The van der Waals surface area contributed by atoms with Crippen LogP contribution in [0.25, 0.3) is 6.08 Å². The van der Waals surface area contributed by atoms with Crippen molar-refractivity contribution in [3.8, 4) is 5.75 Å². The van der Waals surface area contributed by atoms with E-state index in [2.05, 4.69) is 4.99 Å². The second kappa shape index (κ2) is 10.2. The summed E-state index contributed by atoms with van der Waals surface area (Å²) in [7, 11) is 0. The van der Waals surface area contributed by atoms with E-state index in [0.717, 1.165) is 0 Å². The Bertz CT molecular complexity index is 1540. The Labute approximate surface area is 214 Å². The minimum Gasteiger partial charge on any atom is -0.463 e. The number of hydrogen-bond donors (Lipinski definition) is 0. The van der Waals surface area contributed by atoms with Gasteiger partial charge < -0.3 is 9.47 Å². The fourth-order valence-corrected chi connectivity index (χ4v) is 5.25. The number of benzene rings is 2. The molecule has 180 valence electrons. The molecule has 4 rings (SSSR count). The Morgan fingerprint density at radius 2 is 1.89 bits per heavy atom. The highest BCUT2D eigenvalue weighted by molar-refractivity contribution is 7.07. The zero-order valence-electron chi connectivity index (χ0n) is 19.0. The third kappa shape index (κ3) is 5.10. The van der Waals surface area contributed by atoms with Crippen molar-refractivity contribution in [2.45, 2.75) is 26.8 Å². The molecule has 7 nitrogen and oxygen atoms in total. The van der Waals surface area contributed by atoms with Gasteiger partial charge >= 0.3 is 11.9 Å². The molecule has 1 aromatic heterocycles. The lowest BCUT2D eigenvalue weighted by molar-refractivity contribution is -0.139. The van der Waals surface area contributed by atoms with Crippen LogP contribution in [0.15, 0.2) is 63.5 Å². The minimum atomic E-state index is -0.778. The number of hydrogen-bond acceptors (Lipinski definition) is 7. The van der Waals surface area contributed by atoms with E-state index >= 15 is 0 Å². The van der Waals surface area contributed by atoms with Gasteiger partial charge in [0.2, 0.25) is 0 Å². The van der Waals surface area contributed by atoms with E-state index in [9.17, 15) is 14.4 Å². The number of aromatic nitrogens is 1. The molecular weight excluding hydrogens is 511 g/mol. The van der Waals surface area contributed by atoms with E-state index in [1.807, 2.05) is 0 Å². The van der Waals surface area contributed by atoms with Crippen molar-refractivity contribution in [2.24, 2.45) is 4.99 Å². The summed E-state index contributed by atoms with van der Waals surface area (Å²) in [6.07, 6.45) is 1.67. The number of rotatable bonds is 5. The van der Waals surface area contributed by atoms with Crippen molar-refractivity contribution in [3.63, 3.8) is 0 Å². The summed E-state index contributed by atoms with van der Waals surface area (Å²) in [6.45, 7) is 4.90. The third-order valence-corrected chi connectivity index (χ3v) is 6.77. The van der Waals surface area contributed by atoms with Gasteiger partial charge in [0.15, 0.2) is 4.80 Å². The molecule has 0 bridgehead atoms. The molecule has 2 aromatic carbocycles. The molecule has 1 aliphatic heterocycles. The monoisotopic (exact) mass is 530 g/mol. The molecular formula is C25H20Cl2N2O5S. The maximum atomic E-state index is 13.6. The first-order valence-corrected chi connectivity index (χ1v) is 12.2. The second-order valence-electron chi connectivity index (χ2n) is 7.63. The lowest BCUT2D eigenvalue weighted by Gasteiger charge is -2.24. The van der Waals surface area contributed by atoms with Crippen LogP contribution < -0.4 is 19.6 Å². The summed E-state index contributed by atoms with van der Waals surface area (Å²) in [5, 5.41) is 0.893. The van der Waals surface area contributed by atoms with Crippen molar-refractivity contribution in [1.82, 2.24) is 4.57 Å². The van der Waals surface area contributed by atoms with Crippen LogP contribution in [0.2, 0.25) is 10.0 Å². The molecule has 0 aliphatic carbocycles. The highest BCUT2D eigenvalue weighted by Gasteiger charge is 2.33. The number of allylic oxidation sites excluding steroid dienone is 1. The Balaban J connectivity index is 1.91. The maximum Gasteiger partial charge on any atom is 0.338 e. The first-order chi connectivity index (χ1) is 16.7. The van der Waals surface area contributed by atoms with Crippen molar-refractivity contribution >= 4 is 52.6 Å². The smallest absolute Gasteiger partial charge is 0.338 e. The molecule has 0 fully saturated rings. The van der Waals surface area contributed by atoms with Crippen LogP contribution >= 0.6 is 34.5 Å². The van der Waals surface area contributed by atoms with Crippen molar-refractivity contribution in [3.05, 3.63) is 94.6 Å². The van der Waals surface area contributed by atoms with Crippen LogP contribution in [-0.2, 0) is 14.3 Å². The number of halogens is 2. The SMILES string of the molecule is CCOC(=O)C1=C(C)N=c2s/c(=C/c3ccc(Cl)cc3Cl)c(=O)n2[C@@H]1c1ccc(OC(C)=O)cc1. The van der Waals surface area contributed by atoms with Gasteiger partial charge in [0, 0.05) is 17.0 Å². The number of thiazole rings is 1. The number of nitrogens with zero attached hydrogens (tertiary/aromatic N) is 2. The topological polar surface area (TPSA) is 87.0 Å². The van der Waals surface area contributed by atoms with E-state index in [1.54, 1.807) is 62.4 Å². The lowest BCUT2D eigenvalue weighted by atomic mass is 9.96. The van der Waals surface area contributed by atoms with Crippen LogP contribution in [-0.4, -0.2) is 23.1 Å². The first-order valence-electron chi connectivity index (χ1n) is 10.6. The highest BCUT2D eigenvalue weighted by Crippen LogP contribution is 2.31. The number of carbonyl (C=O) groups is 2. The second-order valence-corrected chi connectivity index (χ2v) is 9.48. The summed E-state index contributed by atoms with van der Waals surface area (Å²) in [5.74, 6) is -0.656. The molecule has 0 saturated carbocycles. The van der Waals surface area contributed by atoms with Gasteiger partial charge in [-0.15, -0.1) is 0 Å². The molecule has 0 unspecified atom stereocenters. The third-order valence-electron chi connectivity index (χ3n) is 5.22.